The lowest BCUT2D eigenvalue weighted by Gasteiger charge is -2.25. The van der Waals surface area contributed by atoms with Gasteiger partial charge in [0, 0.05) is 12.2 Å². The maximum atomic E-state index is 12.9. The minimum atomic E-state index is -0.0909. The largest absolute Gasteiger partial charge is 0.399 e. The van der Waals surface area contributed by atoms with Gasteiger partial charge in [0.05, 0.1) is 11.4 Å². The van der Waals surface area contributed by atoms with Crippen LogP contribution in [-0.4, -0.2) is 12.6 Å². The lowest BCUT2D eigenvalue weighted by molar-refractivity contribution is 0.246. The molecule has 132 valence electrons. The standard InChI is InChI=1S/C21H27N3O/c22-18-11-13-20(14-12-18)24(19-9-5-2-6-10-19)21(25)23-16-15-17-7-3-1-4-8-17/h2,5-6,9-14,17H,1,3-4,7-8,15-16,22H2,(H,23,25). The number of amides is 2. The summed E-state index contributed by atoms with van der Waals surface area (Å²) in [5.74, 6) is 0.760. The molecule has 4 nitrogen and oxygen atoms in total. The normalized spacial score (nSPS) is 14.9. The third-order valence-corrected chi connectivity index (χ3v) is 4.92. The third-order valence-electron chi connectivity index (χ3n) is 4.92. The van der Waals surface area contributed by atoms with Crippen molar-refractivity contribution in [1.82, 2.24) is 5.32 Å². The Morgan fingerprint density at radius 2 is 1.60 bits per heavy atom. The first-order chi connectivity index (χ1) is 12.2. The molecule has 2 amide bonds. The number of carbonyl (C=O) groups is 1. The van der Waals surface area contributed by atoms with Crippen molar-refractivity contribution in [1.29, 1.82) is 0 Å². The Morgan fingerprint density at radius 3 is 2.28 bits per heavy atom. The molecular formula is C21H27N3O. The van der Waals surface area contributed by atoms with Crippen LogP contribution in [0.5, 0.6) is 0 Å². The zero-order valence-corrected chi connectivity index (χ0v) is 14.7. The van der Waals surface area contributed by atoms with E-state index in [0.29, 0.717) is 5.69 Å². The van der Waals surface area contributed by atoms with Crippen molar-refractivity contribution < 1.29 is 4.79 Å². The highest BCUT2D eigenvalue weighted by molar-refractivity contribution is 5.99. The molecule has 3 N–H and O–H groups in total. The molecule has 1 fully saturated rings. The predicted molar refractivity (Wildman–Crippen MR) is 104 cm³/mol. The number of nitrogens with one attached hydrogen (secondary N) is 1. The summed E-state index contributed by atoms with van der Waals surface area (Å²) in [5, 5.41) is 3.10. The highest BCUT2D eigenvalue weighted by Gasteiger charge is 2.19. The Bertz CT molecular complexity index is 663. The van der Waals surface area contributed by atoms with Crippen LogP contribution in [0, 0.1) is 5.92 Å². The number of benzene rings is 2. The SMILES string of the molecule is Nc1ccc(N(C(=O)NCCC2CCCCC2)c2ccccc2)cc1. The molecular weight excluding hydrogens is 310 g/mol. The number of hydrogen-bond donors (Lipinski definition) is 2. The summed E-state index contributed by atoms with van der Waals surface area (Å²) in [4.78, 5) is 14.6. The van der Waals surface area contributed by atoms with Crippen LogP contribution in [0.15, 0.2) is 54.6 Å². The summed E-state index contributed by atoms with van der Waals surface area (Å²) in [6, 6.07) is 17.0. The van der Waals surface area contributed by atoms with Crippen molar-refractivity contribution in [2.75, 3.05) is 17.2 Å². The predicted octanol–water partition coefficient (Wildman–Crippen LogP) is 5.09. The van der Waals surface area contributed by atoms with E-state index in [9.17, 15) is 4.79 Å². The second-order valence-electron chi connectivity index (χ2n) is 6.79. The van der Waals surface area contributed by atoms with Gasteiger partial charge in [-0.25, -0.2) is 4.79 Å². The topological polar surface area (TPSA) is 58.4 Å². The number of urea groups is 1. The van der Waals surface area contributed by atoms with Gasteiger partial charge in [0.2, 0.25) is 0 Å². The number of nitrogens with two attached hydrogens (primary N) is 1. The van der Waals surface area contributed by atoms with Gasteiger partial charge in [-0.1, -0.05) is 50.3 Å². The van der Waals surface area contributed by atoms with E-state index in [2.05, 4.69) is 5.32 Å². The van der Waals surface area contributed by atoms with E-state index < -0.39 is 0 Å². The van der Waals surface area contributed by atoms with Gasteiger partial charge in [-0.3, -0.25) is 4.90 Å². The average Bonchev–Trinajstić information content (AvgIpc) is 2.65. The molecule has 0 radical (unpaired) electrons. The lowest BCUT2D eigenvalue weighted by Crippen LogP contribution is -2.38. The quantitative estimate of drug-likeness (QED) is 0.747. The molecule has 0 atom stereocenters. The number of hydrogen-bond acceptors (Lipinski definition) is 2. The van der Waals surface area contributed by atoms with Crippen LogP contribution in [0.3, 0.4) is 0 Å². The first kappa shape index (κ1) is 17.3. The van der Waals surface area contributed by atoms with Crippen molar-refractivity contribution >= 4 is 23.1 Å². The zero-order valence-electron chi connectivity index (χ0n) is 14.7. The number of rotatable bonds is 5. The van der Waals surface area contributed by atoms with Crippen molar-refractivity contribution in [2.24, 2.45) is 5.92 Å². The number of nitrogens with zero attached hydrogens (tertiary/aromatic N) is 1. The van der Waals surface area contributed by atoms with E-state index in [-0.39, 0.29) is 6.03 Å². The molecule has 0 heterocycles. The minimum Gasteiger partial charge on any atom is -0.399 e. The number of carbonyl (C=O) groups excluding carboxylic acids is 1. The molecule has 0 bridgehead atoms. The van der Waals surface area contributed by atoms with Crippen molar-refractivity contribution in [2.45, 2.75) is 38.5 Å². The summed E-state index contributed by atoms with van der Waals surface area (Å²) < 4.78 is 0. The van der Waals surface area contributed by atoms with Gasteiger partial charge in [0.15, 0.2) is 0 Å². The molecule has 0 aromatic heterocycles. The fourth-order valence-electron chi connectivity index (χ4n) is 3.52. The van der Waals surface area contributed by atoms with E-state index in [1.807, 2.05) is 54.6 Å². The van der Waals surface area contributed by atoms with Crippen LogP contribution >= 0.6 is 0 Å². The summed E-state index contributed by atoms with van der Waals surface area (Å²) in [5.41, 5.74) is 8.14. The van der Waals surface area contributed by atoms with Gasteiger partial charge in [-0.05, 0) is 48.7 Å². The first-order valence-corrected chi connectivity index (χ1v) is 9.22. The number of anilines is 3. The maximum Gasteiger partial charge on any atom is 0.326 e. The Morgan fingerprint density at radius 1 is 0.960 bits per heavy atom. The monoisotopic (exact) mass is 337 g/mol. The van der Waals surface area contributed by atoms with Gasteiger partial charge >= 0.3 is 6.03 Å². The third kappa shape index (κ3) is 4.75. The molecule has 4 heteroatoms. The van der Waals surface area contributed by atoms with E-state index >= 15 is 0 Å². The summed E-state index contributed by atoms with van der Waals surface area (Å²) >= 11 is 0. The van der Waals surface area contributed by atoms with E-state index in [0.717, 1.165) is 30.3 Å². The molecule has 1 saturated carbocycles. The van der Waals surface area contributed by atoms with Gasteiger partial charge < -0.3 is 11.1 Å². The summed E-state index contributed by atoms with van der Waals surface area (Å²) in [6.07, 6.45) is 7.70. The van der Waals surface area contributed by atoms with Gasteiger partial charge in [0.1, 0.15) is 0 Å². The summed E-state index contributed by atoms with van der Waals surface area (Å²) in [7, 11) is 0. The van der Waals surface area contributed by atoms with Crippen LogP contribution < -0.4 is 16.0 Å². The Kier molecular flexibility index (Phi) is 5.94. The molecule has 0 saturated heterocycles. The van der Waals surface area contributed by atoms with Gasteiger partial charge in [-0.2, -0.15) is 0 Å². The van der Waals surface area contributed by atoms with Crippen LogP contribution in [0.1, 0.15) is 38.5 Å². The Hall–Kier alpha value is -2.49. The Balaban J connectivity index is 1.68. The molecule has 0 spiro atoms. The minimum absolute atomic E-state index is 0.0909. The smallest absolute Gasteiger partial charge is 0.326 e. The van der Waals surface area contributed by atoms with E-state index in [4.69, 9.17) is 5.73 Å². The average molecular weight is 337 g/mol. The second kappa shape index (κ2) is 8.56. The number of para-hydroxylation sites is 1. The maximum absolute atomic E-state index is 12.9. The lowest BCUT2D eigenvalue weighted by atomic mass is 9.87. The summed E-state index contributed by atoms with van der Waals surface area (Å²) in [6.45, 7) is 0.724. The first-order valence-electron chi connectivity index (χ1n) is 9.22. The van der Waals surface area contributed by atoms with Crippen molar-refractivity contribution in [3.8, 4) is 0 Å². The fourth-order valence-corrected chi connectivity index (χ4v) is 3.52. The zero-order chi connectivity index (χ0) is 17.5. The molecule has 2 aromatic rings. The highest BCUT2D eigenvalue weighted by Crippen LogP contribution is 2.27. The van der Waals surface area contributed by atoms with Crippen LogP contribution in [0.2, 0.25) is 0 Å². The van der Waals surface area contributed by atoms with Crippen LogP contribution in [-0.2, 0) is 0 Å². The fraction of sp³-hybridized carbons (Fsp3) is 0.381. The van der Waals surface area contributed by atoms with Gasteiger partial charge in [0.25, 0.3) is 0 Å². The van der Waals surface area contributed by atoms with Crippen LogP contribution in [0.25, 0.3) is 0 Å². The molecule has 3 rings (SSSR count). The molecule has 1 aliphatic carbocycles. The Labute approximate surface area is 150 Å². The van der Waals surface area contributed by atoms with Crippen molar-refractivity contribution in [3.05, 3.63) is 54.6 Å². The van der Waals surface area contributed by atoms with Crippen molar-refractivity contribution in [3.63, 3.8) is 0 Å². The van der Waals surface area contributed by atoms with E-state index in [1.54, 1.807) is 4.90 Å². The van der Waals surface area contributed by atoms with Crippen LogP contribution in [0.4, 0.5) is 21.9 Å². The molecule has 1 aliphatic rings. The molecule has 0 aliphatic heterocycles. The molecule has 0 unspecified atom stereocenters. The van der Waals surface area contributed by atoms with E-state index in [1.165, 1.54) is 32.1 Å². The molecule has 25 heavy (non-hydrogen) atoms. The number of nitrogen functional groups attached to an aromatic ring is 1. The van der Waals surface area contributed by atoms with Gasteiger partial charge in [-0.15, -0.1) is 0 Å². The molecule has 2 aromatic carbocycles. The highest BCUT2D eigenvalue weighted by atomic mass is 16.2. The second-order valence-corrected chi connectivity index (χ2v) is 6.79.